The fourth-order valence-electron chi connectivity index (χ4n) is 4.20. The van der Waals surface area contributed by atoms with E-state index in [1.165, 1.54) is 44.9 Å². The number of rotatable bonds is 3. The standard InChI is InChI=1S/C17H27NO2/c19-17(10-9-16-6-3-11-20-16)18-15-8-7-13-4-1-2-5-14(13)12-15/h9-10,13-16H,1-8,11-12H2,(H,18,19)/b10-9+. The Kier molecular flexibility index (Phi) is 4.77. The van der Waals surface area contributed by atoms with Gasteiger partial charge in [-0.3, -0.25) is 4.79 Å². The molecule has 1 heterocycles. The Hall–Kier alpha value is -0.830. The second kappa shape index (κ2) is 6.75. The molecule has 3 heteroatoms. The average molecular weight is 277 g/mol. The molecule has 20 heavy (non-hydrogen) atoms. The molecular weight excluding hydrogens is 250 g/mol. The molecule has 0 radical (unpaired) electrons. The minimum atomic E-state index is 0.0692. The maximum absolute atomic E-state index is 12.0. The molecule has 4 atom stereocenters. The van der Waals surface area contributed by atoms with Crippen LogP contribution in [-0.4, -0.2) is 24.7 Å². The number of nitrogens with one attached hydrogen (secondary N) is 1. The lowest BCUT2D eigenvalue weighted by atomic mass is 9.69. The molecule has 1 saturated heterocycles. The Morgan fingerprint density at radius 3 is 2.65 bits per heavy atom. The van der Waals surface area contributed by atoms with E-state index < -0.39 is 0 Å². The summed E-state index contributed by atoms with van der Waals surface area (Å²) < 4.78 is 5.50. The Bertz CT molecular complexity index is 360. The van der Waals surface area contributed by atoms with E-state index in [9.17, 15) is 4.79 Å². The molecule has 0 aromatic carbocycles. The van der Waals surface area contributed by atoms with E-state index in [2.05, 4.69) is 5.32 Å². The highest BCUT2D eigenvalue weighted by Gasteiger charge is 2.32. The molecule has 112 valence electrons. The van der Waals surface area contributed by atoms with Gasteiger partial charge in [0.25, 0.3) is 0 Å². The molecule has 1 N–H and O–H groups in total. The van der Waals surface area contributed by atoms with Crippen LogP contribution in [0.4, 0.5) is 0 Å². The topological polar surface area (TPSA) is 38.3 Å². The van der Waals surface area contributed by atoms with Crippen molar-refractivity contribution >= 4 is 5.91 Å². The molecular formula is C17H27NO2. The molecule has 0 aromatic rings. The molecule has 2 aliphatic carbocycles. The van der Waals surface area contributed by atoms with Gasteiger partial charge in [-0.25, -0.2) is 0 Å². The molecule has 1 amide bonds. The first-order chi connectivity index (χ1) is 9.81. The largest absolute Gasteiger partial charge is 0.374 e. The molecule has 3 aliphatic rings. The van der Waals surface area contributed by atoms with Crippen LogP contribution in [0.5, 0.6) is 0 Å². The third-order valence-corrected chi connectivity index (χ3v) is 5.31. The summed E-state index contributed by atoms with van der Waals surface area (Å²) in [5, 5.41) is 3.19. The second-order valence-corrected chi connectivity index (χ2v) is 6.73. The maximum atomic E-state index is 12.0. The lowest BCUT2D eigenvalue weighted by molar-refractivity contribution is -0.117. The SMILES string of the molecule is O=C(/C=C/C1CCCO1)NC1CCC2CCCCC2C1. The van der Waals surface area contributed by atoms with Crippen molar-refractivity contribution in [2.24, 2.45) is 11.8 Å². The molecule has 3 rings (SSSR count). The van der Waals surface area contributed by atoms with E-state index in [-0.39, 0.29) is 12.0 Å². The smallest absolute Gasteiger partial charge is 0.243 e. The fourth-order valence-corrected chi connectivity index (χ4v) is 4.20. The fraction of sp³-hybridized carbons (Fsp3) is 0.824. The van der Waals surface area contributed by atoms with Crippen molar-refractivity contribution in [2.45, 2.75) is 69.9 Å². The van der Waals surface area contributed by atoms with Gasteiger partial charge in [0.05, 0.1) is 6.10 Å². The van der Waals surface area contributed by atoms with E-state index >= 15 is 0 Å². The van der Waals surface area contributed by atoms with Gasteiger partial charge in [-0.05, 0) is 43.9 Å². The van der Waals surface area contributed by atoms with Crippen LogP contribution in [0.25, 0.3) is 0 Å². The summed E-state index contributed by atoms with van der Waals surface area (Å²) in [7, 11) is 0. The number of carbonyl (C=O) groups excluding carboxylic acids is 1. The second-order valence-electron chi connectivity index (χ2n) is 6.73. The van der Waals surface area contributed by atoms with Gasteiger partial charge in [0.15, 0.2) is 0 Å². The Balaban J connectivity index is 1.44. The van der Waals surface area contributed by atoms with Crippen molar-refractivity contribution in [1.29, 1.82) is 0 Å². The Morgan fingerprint density at radius 1 is 1.00 bits per heavy atom. The summed E-state index contributed by atoms with van der Waals surface area (Å²) in [6.07, 6.45) is 15.2. The zero-order chi connectivity index (χ0) is 13.8. The highest BCUT2D eigenvalue weighted by molar-refractivity contribution is 5.87. The van der Waals surface area contributed by atoms with E-state index in [4.69, 9.17) is 4.74 Å². The van der Waals surface area contributed by atoms with E-state index in [1.54, 1.807) is 6.08 Å². The van der Waals surface area contributed by atoms with E-state index in [0.717, 1.165) is 31.3 Å². The van der Waals surface area contributed by atoms with Crippen molar-refractivity contribution in [3.63, 3.8) is 0 Å². The van der Waals surface area contributed by atoms with Crippen LogP contribution in [0.1, 0.15) is 57.8 Å². The highest BCUT2D eigenvalue weighted by atomic mass is 16.5. The molecule has 1 aliphatic heterocycles. The Labute approximate surface area is 122 Å². The van der Waals surface area contributed by atoms with Gasteiger partial charge in [0, 0.05) is 18.7 Å². The van der Waals surface area contributed by atoms with Crippen LogP contribution in [0.2, 0.25) is 0 Å². The number of ether oxygens (including phenoxy) is 1. The highest BCUT2D eigenvalue weighted by Crippen LogP contribution is 2.40. The van der Waals surface area contributed by atoms with Crippen LogP contribution in [0, 0.1) is 11.8 Å². The molecule has 3 fully saturated rings. The molecule has 0 aromatic heterocycles. The zero-order valence-electron chi connectivity index (χ0n) is 12.4. The first-order valence-electron chi connectivity index (χ1n) is 8.41. The van der Waals surface area contributed by atoms with Gasteiger partial charge in [-0.15, -0.1) is 0 Å². The van der Waals surface area contributed by atoms with Crippen molar-refractivity contribution in [1.82, 2.24) is 5.32 Å². The maximum Gasteiger partial charge on any atom is 0.243 e. The summed E-state index contributed by atoms with van der Waals surface area (Å²) in [5.74, 6) is 1.88. The number of fused-ring (bicyclic) bond motifs is 1. The predicted octanol–water partition coefficient (Wildman–Crippen LogP) is 3.20. The molecule has 2 saturated carbocycles. The summed E-state index contributed by atoms with van der Waals surface area (Å²) in [6.45, 7) is 0.836. The molecule has 0 bridgehead atoms. The van der Waals surface area contributed by atoms with Crippen molar-refractivity contribution in [2.75, 3.05) is 6.61 Å². The molecule has 4 unspecified atom stereocenters. The summed E-state index contributed by atoms with van der Waals surface area (Å²) in [5.41, 5.74) is 0. The Morgan fingerprint density at radius 2 is 1.85 bits per heavy atom. The van der Waals surface area contributed by atoms with Crippen LogP contribution < -0.4 is 5.32 Å². The summed E-state index contributed by atoms with van der Waals surface area (Å²) in [6, 6.07) is 0.399. The normalized spacial score (nSPS) is 37.8. The summed E-state index contributed by atoms with van der Waals surface area (Å²) in [4.78, 5) is 12.0. The monoisotopic (exact) mass is 277 g/mol. The van der Waals surface area contributed by atoms with Crippen molar-refractivity contribution < 1.29 is 9.53 Å². The first kappa shape index (κ1) is 14.1. The van der Waals surface area contributed by atoms with Gasteiger partial charge in [0.1, 0.15) is 0 Å². The van der Waals surface area contributed by atoms with E-state index in [0.29, 0.717) is 6.04 Å². The van der Waals surface area contributed by atoms with Gasteiger partial charge in [-0.1, -0.05) is 31.8 Å². The van der Waals surface area contributed by atoms with Crippen LogP contribution >= 0.6 is 0 Å². The van der Waals surface area contributed by atoms with Crippen LogP contribution in [-0.2, 0) is 9.53 Å². The van der Waals surface area contributed by atoms with Gasteiger partial charge >= 0.3 is 0 Å². The molecule has 3 nitrogen and oxygen atoms in total. The minimum absolute atomic E-state index is 0.0692. The predicted molar refractivity (Wildman–Crippen MR) is 79.3 cm³/mol. The number of hydrogen-bond donors (Lipinski definition) is 1. The van der Waals surface area contributed by atoms with Gasteiger partial charge < -0.3 is 10.1 Å². The number of hydrogen-bond acceptors (Lipinski definition) is 2. The van der Waals surface area contributed by atoms with Crippen LogP contribution in [0.3, 0.4) is 0 Å². The van der Waals surface area contributed by atoms with Gasteiger partial charge in [0.2, 0.25) is 5.91 Å². The quantitative estimate of drug-likeness (QED) is 0.805. The number of amides is 1. The van der Waals surface area contributed by atoms with E-state index in [1.807, 2.05) is 6.08 Å². The third kappa shape index (κ3) is 3.63. The van der Waals surface area contributed by atoms with Crippen molar-refractivity contribution in [3.05, 3.63) is 12.2 Å². The van der Waals surface area contributed by atoms with Gasteiger partial charge in [-0.2, -0.15) is 0 Å². The van der Waals surface area contributed by atoms with Crippen LogP contribution in [0.15, 0.2) is 12.2 Å². The minimum Gasteiger partial charge on any atom is -0.374 e. The zero-order valence-corrected chi connectivity index (χ0v) is 12.4. The van der Waals surface area contributed by atoms with Crippen molar-refractivity contribution in [3.8, 4) is 0 Å². The average Bonchev–Trinajstić information content (AvgIpc) is 2.98. The first-order valence-corrected chi connectivity index (χ1v) is 8.41. The summed E-state index contributed by atoms with van der Waals surface area (Å²) >= 11 is 0. The third-order valence-electron chi connectivity index (χ3n) is 5.31. The number of carbonyl (C=O) groups is 1. The lowest BCUT2D eigenvalue weighted by Gasteiger charge is -2.39. The lowest BCUT2D eigenvalue weighted by Crippen LogP contribution is -2.41. The molecule has 0 spiro atoms.